The van der Waals surface area contributed by atoms with Crippen LogP contribution in [-0.2, 0) is 9.94 Å². The summed E-state index contributed by atoms with van der Waals surface area (Å²) in [5, 5.41) is 0. The summed E-state index contributed by atoms with van der Waals surface area (Å²) >= 11 is 1.16. The largest absolute Gasteiger partial charge is 0.387 e. The SMILES string of the molecule is O=C(OSCc1ccccc1)c1ccccc1. The molecule has 0 saturated carbocycles. The van der Waals surface area contributed by atoms with Gasteiger partial charge < -0.3 is 4.18 Å². The monoisotopic (exact) mass is 244 g/mol. The molecule has 0 radical (unpaired) electrons. The Labute approximate surface area is 105 Å². The molecule has 0 aliphatic carbocycles. The molecule has 0 unspecified atom stereocenters. The third-order valence-electron chi connectivity index (χ3n) is 2.21. The van der Waals surface area contributed by atoms with Crippen LogP contribution in [0.2, 0.25) is 0 Å². The lowest BCUT2D eigenvalue weighted by Crippen LogP contribution is -1.99. The van der Waals surface area contributed by atoms with Gasteiger partial charge in [-0.1, -0.05) is 48.5 Å². The van der Waals surface area contributed by atoms with Gasteiger partial charge in [-0.05, 0) is 17.7 Å². The molecule has 0 fully saturated rings. The fourth-order valence-electron chi connectivity index (χ4n) is 1.35. The fraction of sp³-hybridized carbons (Fsp3) is 0.0714. The van der Waals surface area contributed by atoms with Crippen molar-refractivity contribution < 1.29 is 8.98 Å². The van der Waals surface area contributed by atoms with Gasteiger partial charge in [0, 0.05) is 0 Å². The molecule has 0 atom stereocenters. The molecular formula is C14H12O2S. The fourth-order valence-corrected chi connectivity index (χ4v) is 1.94. The van der Waals surface area contributed by atoms with Gasteiger partial charge in [0.15, 0.2) is 0 Å². The zero-order valence-corrected chi connectivity index (χ0v) is 10.0. The van der Waals surface area contributed by atoms with Crippen molar-refractivity contribution in [1.29, 1.82) is 0 Å². The van der Waals surface area contributed by atoms with Crippen molar-refractivity contribution in [2.75, 3.05) is 0 Å². The zero-order chi connectivity index (χ0) is 11.9. The first kappa shape index (κ1) is 11.7. The number of benzene rings is 2. The Bertz CT molecular complexity index is 468. The quantitative estimate of drug-likeness (QED) is 0.767. The summed E-state index contributed by atoms with van der Waals surface area (Å²) in [5.74, 6) is 0.367. The summed E-state index contributed by atoms with van der Waals surface area (Å²) in [6.07, 6.45) is 0. The van der Waals surface area contributed by atoms with Crippen molar-refractivity contribution in [1.82, 2.24) is 0 Å². The Morgan fingerprint density at radius 2 is 1.53 bits per heavy atom. The van der Waals surface area contributed by atoms with Crippen LogP contribution in [-0.4, -0.2) is 5.97 Å². The number of carbonyl (C=O) groups excluding carboxylic acids is 1. The number of rotatable bonds is 4. The first-order chi connectivity index (χ1) is 8.36. The van der Waals surface area contributed by atoms with Crippen molar-refractivity contribution >= 4 is 18.0 Å². The summed E-state index contributed by atoms with van der Waals surface area (Å²) in [5.41, 5.74) is 1.71. The second-order valence-corrected chi connectivity index (χ2v) is 4.18. The van der Waals surface area contributed by atoms with E-state index in [9.17, 15) is 4.79 Å². The first-order valence-corrected chi connectivity index (χ1v) is 6.20. The molecule has 0 heterocycles. The van der Waals surface area contributed by atoms with E-state index in [1.807, 2.05) is 48.5 Å². The molecule has 86 valence electrons. The molecular weight excluding hydrogens is 232 g/mol. The van der Waals surface area contributed by atoms with Crippen LogP contribution in [0.25, 0.3) is 0 Å². The lowest BCUT2D eigenvalue weighted by Gasteiger charge is -2.02. The summed E-state index contributed by atoms with van der Waals surface area (Å²) in [7, 11) is 0. The van der Waals surface area contributed by atoms with Crippen molar-refractivity contribution in [3.05, 3.63) is 71.8 Å². The molecule has 2 aromatic rings. The van der Waals surface area contributed by atoms with Crippen molar-refractivity contribution in [2.45, 2.75) is 5.75 Å². The minimum Gasteiger partial charge on any atom is -0.387 e. The van der Waals surface area contributed by atoms with E-state index in [1.165, 1.54) is 0 Å². The van der Waals surface area contributed by atoms with Crippen molar-refractivity contribution in [2.24, 2.45) is 0 Å². The summed E-state index contributed by atoms with van der Waals surface area (Å²) in [4.78, 5) is 11.6. The Morgan fingerprint density at radius 1 is 0.941 bits per heavy atom. The standard InChI is InChI=1S/C14H12O2S/c15-14(13-9-5-2-6-10-13)16-17-11-12-7-3-1-4-8-12/h1-10H,11H2. The molecule has 0 N–H and O–H groups in total. The predicted molar refractivity (Wildman–Crippen MR) is 69.6 cm³/mol. The van der Waals surface area contributed by atoms with Crippen LogP contribution in [0.1, 0.15) is 15.9 Å². The van der Waals surface area contributed by atoms with Gasteiger partial charge >= 0.3 is 5.97 Å². The van der Waals surface area contributed by atoms with E-state index in [2.05, 4.69) is 0 Å². The van der Waals surface area contributed by atoms with Gasteiger partial charge in [-0.2, -0.15) is 0 Å². The highest BCUT2D eigenvalue weighted by Gasteiger charge is 2.06. The van der Waals surface area contributed by atoms with E-state index >= 15 is 0 Å². The highest BCUT2D eigenvalue weighted by molar-refractivity contribution is 7.94. The van der Waals surface area contributed by atoms with Gasteiger partial charge in [0.05, 0.1) is 23.4 Å². The lowest BCUT2D eigenvalue weighted by atomic mass is 10.2. The van der Waals surface area contributed by atoms with E-state index in [4.69, 9.17) is 4.18 Å². The minimum atomic E-state index is -0.300. The van der Waals surface area contributed by atoms with Crippen LogP contribution in [0, 0.1) is 0 Å². The van der Waals surface area contributed by atoms with E-state index in [1.54, 1.807) is 12.1 Å². The second-order valence-electron chi connectivity index (χ2n) is 3.48. The van der Waals surface area contributed by atoms with Crippen LogP contribution in [0.5, 0.6) is 0 Å². The van der Waals surface area contributed by atoms with Gasteiger partial charge in [-0.15, -0.1) is 0 Å². The van der Waals surface area contributed by atoms with Crippen LogP contribution < -0.4 is 0 Å². The summed E-state index contributed by atoms with van der Waals surface area (Å²) in [6.45, 7) is 0. The Kier molecular flexibility index (Phi) is 4.22. The Morgan fingerprint density at radius 3 is 2.18 bits per heavy atom. The minimum absolute atomic E-state index is 0.300. The van der Waals surface area contributed by atoms with Crippen LogP contribution in [0.15, 0.2) is 60.7 Å². The molecule has 0 aromatic heterocycles. The van der Waals surface area contributed by atoms with Crippen LogP contribution in [0.4, 0.5) is 0 Å². The third kappa shape index (κ3) is 3.64. The lowest BCUT2D eigenvalue weighted by molar-refractivity contribution is 0.0768. The van der Waals surface area contributed by atoms with Crippen molar-refractivity contribution in [3.63, 3.8) is 0 Å². The predicted octanol–water partition coefficient (Wildman–Crippen LogP) is 3.69. The summed E-state index contributed by atoms with van der Waals surface area (Å²) in [6, 6.07) is 18.9. The molecule has 2 nitrogen and oxygen atoms in total. The average molecular weight is 244 g/mol. The smallest absolute Gasteiger partial charge is 0.350 e. The maximum atomic E-state index is 11.6. The molecule has 2 aromatic carbocycles. The molecule has 0 aliphatic heterocycles. The van der Waals surface area contributed by atoms with E-state index < -0.39 is 0 Å². The maximum Gasteiger partial charge on any atom is 0.350 e. The van der Waals surface area contributed by atoms with Gasteiger partial charge in [0.2, 0.25) is 0 Å². The van der Waals surface area contributed by atoms with Gasteiger partial charge in [-0.25, -0.2) is 4.79 Å². The topological polar surface area (TPSA) is 26.3 Å². The van der Waals surface area contributed by atoms with Crippen LogP contribution >= 0.6 is 12.0 Å². The van der Waals surface area contributed by atoms with Gasteiger partial charge in [0.25, 0.3) is 0 Å². The van der Waals surface area contributed by atoms with Crippen molar-refractivity contribution in [3.8, 4) is 0 Å². The molecule has 0 saturated heterocycles. The normalized spacial score (nSPS) is 9.88. The number of hydrogen-bond donors (Lipinski definition) is 0. The van der Waals surface area contributed by atoms with Gasteiger partial charge in [-0.3, -0.25) is 0 Å². The highest BCUT2D eigenvalue weighted by atomic mass is 32.2. The first-order valence-electron chi connectivity index (χ1n) is 5.29. The van der Waals surface area contributed by atoms with E-state index in [0.29, 0.717) is 11.3 Å². The Balaban J connectivity index is 1.82. The van der Waals surface area contributed by atoms with E-state index in [-0.39, 0.29) is 5.97 Å². The molecule has 0 bridgehead atoms. The molecule has 0 spiro atoms. The zero-order valence-electron chi connectivity index (χ0n) is 9.21. The van der Waals surface area contributed by atoms with E-state index in [0.717, 1.165) is 17.6 Å². The number of carbonyl (C=O) groups is 1. The highest BCUT2D eigenvalue weighted by Crippen LogP contribution is 2.15. The molecule has 2 rings (SSSR count). The van der Waals surface area contributed by atoms with Gasteiger partial charge in [0.1, 0.15) is 0 Å². The van der Waals surface area contributed by atoms with Crippen LogP contribution in [0.3, 0.4) is 0 Å². The maximum absolute atomic E-state index is 11.6. The molecule has 17 heavy (non-hydrogen) atoms. The molecule has 0 aliphatic rings. The number of hydrogen-bond acceptors (Lipinski definition) is 3. The molecule has 0 amide bonds. The third-order valence-corrected chi connectivity index (χ3v) is 2.93. The second kappa shape index (κ2) is 6.11. The Hall–Kier alpha value is -1.74. The molecule has 3 heteroatoms. The average Bonchev–Trinajstić information content (AvgIpc) is 2.41. The summed E-state index contributed by atoms with van der Waals surface area (Å²) < 4.78 is 5.11.